The molecule has 4 rings (SSSR count). The number of hydrogen-bond acceptors (Lipinski definition) is 5. The monoisotopic (exact) mass is 463 g/mol. The number of anilines is 1. The van der Waals surface area contributed by atoms with Gasteiger partial charge in [0, 0.05) is 36.4 Å². The van der Waals surface area contributed by atoms with E-state index >= 15 is 0 Å². The number of carbonyl (C=O) groups is 2. The van der Waals surface area contributed by atoms with Crippen LogP contribution in [0.1, 0.15) is 67.3 Å². The van der Waals surface area contributed by atoms with Crippen molar-refractivity contribution in [2.24, 2.45) is 7.05 Å². The summed E-state index contributed by atoms with van der Waals surface area (Å²) in [5.41, 5.74) is 2.55. The molecule has 8 heteroatoms. The van der Waals surface area contributed by atoms with E-state index in [0.29, 0.717) is 18.0 Å². The fourth-order valence-electron chi connectivity index (χ4n) is 4.64. The van der Waals surface area contributed by atoms with E-state index in [1.165, 1.54) is 5.56 Å². The minimum Gasteiger partial charge on any atom is -0.480 e. The lowest BCUT2D eigenvalue weighted by Gasteiger charge is -2.26. The number of nitrogens with one attached hydrogen (secondary N) is 2. The van der Waals surface area contributed by atoms with Crippen molar-refractivity contribution in [2.75, 3.05) is 5.32 Å². The van der Waals surface area contributed by atoms with Crippen molar-refractivity contribution in [3.8, 4) is 0 Å². The van der Waals surface area contributed by atoms with Gasteiger partial charge in [-0.1, -0.05) is 38.2 Å². The number of nitrogens with zero attached hydrogens (tertiary/aromatic N) is 3. The van der Waals surface area contributed by atoms with Crippen molar-refractivity contribution in [1.82, 2.24) is 20.1 Å². The number of benzene rings is 1. The predicted octanol–water partition coefficient (Wildman–Crippen LogP) is 4.31. The molecule has 0 saturated carbocycles. The molecular weight excluding hydrogens is 430 g/mol. The van der Waals surface area contributed by atoms with E-state index in [9.17, 15) is 14.7 Å². The Hall–Kier alpha value is -3.42. The van der Waals surface area contributed by atoms with Crippen LogP contribution in [0.15, 0.2) is 42.7 Å². The standard InChI is InChI=1S/C26H33N5O3/c1-31-17-20-16-19(12-14-22(20)30-31)25(32)29-23(26(33)34)10-6-4-2-3-5-9-21-13-11-18-8-7-15-27-24(18)28-21/h7-8,12,14-17,21,23H,2-6,9-11,13H2,1H3,(H,27,28)(H,29,32)(H,33,34). The molecule has 1 aliphatic heterocycles. The summed E-state index contributed by atoms with van der Waals surface area (Å²) in [4.78, 5) is 28.7. The number of aliphatic carboxylic acids is 1. The molecule has 34 heavy (non-hydrogen) atoms. The number of pyridine rings is 1. The van der Waals surface area contributed by atoms with Crippen molar-refractivity contribution in [3.63, 3.8) is 0 Å². The summed E-state index contributed by atoms with van der Waals surface area (Å²) < 4.78 is 1.69. The molecule has 180 valence electrons. The number of hydrogen-bond donors (Lipinski definition) is 3. The average molecular weight is 464 g/mol. The molecule has 2 unspecified atom stereocenters. The molecule has 3 heterocycles. The zero-order chi connectivity index (χ0) is 23.9. The average Bonchev–Trinajstić information content (AvgIpc) is 3.21. The molecule has 0 bridgehead atoms. The Morgan fingerprint density at radius 3 is 2.88 bits per heavy atom. The number of amides is 1. The van der Waals surface area contributed by atoms with Gasteiger partial charge in [-0.3, -0.25) is 9.48 Å². The smallest absolute Gasteiger partial charge is 0.326 e. The molecule has 1 aliphatic rings. The van der Waals surface area contributed by atoms with Gasteiger partial charge in [0.25, 0.3) is 5.91 Å². The third-order valence-corrected chi connectivity index (χ3v) is 6.52. The molecule has 1 aromatic carbocycles. The van der Waals surface area contributed by atoms with Gasteiger partial charge in [0.2, 0.25) is 0 Å². The number of aryl methyl sites for hydroxylation is 2. The molecule has 8 nitrogen and oxygen atoms in total. The maximum atomic E-state index is 12.6. The summed E-state index contributed by atoms with van der Waals surface area (Å²) in [5, 5.41) is 20.9. The molecule has 2 aromatic heterocycles. The highest BCUT2D eigenvalue weighted by Gasteiger charge is 2.21. The molecule has 0 fully saturated rings. The normalized spacial score (nSPS) is 16.0. The summed E-state index contributed by atoms with van der Waals surface area (Å²) in [5.74, 6) is -0.330. The molecule has 1 amide bonds. The number of carboxylic acid groups (broad SMARTS) is 1. The first-order chi connectivity index (χ1) is 16.5. The number of carbonyl (C=O) groups excluding carboxylic acids is 1. The van der Waals surface area contributed by atoms with Crippen LogP contribution in [0.4, 0.5) is 5.82 Å². The Bertz CT molecular complexity index is 1140. The first kappa shape index (κ1) is 23.7. The van der Waals surface area contributed by atoms with E-state index in [1.54, 1.807) is 22.9 Å². The molecule has 0 spiro atoms. The molecule has 0 radical (unpaired) electrons. The third-order valence-electron chi connectivity index (χ3n) is 6.52. The van der Waals surface area contributed by atoms with Crippen molar-refractivity contribution in [1.29, 1.82) is 0 Å². The second-order valence-corrected chi connectivity index (χ2v) is 9.18. The maximum Gasteiger partial charge on any atom is 0.326 e. The first-order valence-electron chi connectivity index (χ1n) is 12.2. The van der Waals surface area contributed by atoms with Gasteiger partial charge >= 0.3 is 5.97 Å². The number of rotatable bonds is 11. The minimum absolute atomic E-state index is 0.366. The van der Waals surface area contributed by atoms with Gasteiger partial charge < -0.3 is 15.7 Å². The van der Waals surface area contributed by atoms with Gasteiger partial charge in [-0.15, -0.1) is 0 Å². The van der Waals surface area contributed by atoms with Gasteiger partial charge in [-0.2, -0.15) is 5.10 Å². The highest BCUT2D eigenvalue weighted by Crippen LogP contribution is 2.24. The van der Waals surface area contributed by atoms with Crippen LogP contribution >= 0.6 is 0 Å². The van der Waals surface area contributed by atoms with E-state index in [2.05, 4.69) is 26.8 Å². The first-order valence-corrected chi connectivity index (χ1v) is 12.2. The second kappa shape index (κ2) is 11.1. The van der Waals surface area contributed by atoms with Crippen LogP contribution in [-0.4, -0.2) is 43.8 Å². The highest BCUT2D eigenvalue weighted by atomic mass is 16.4. The summed E-state index contributed by atoms with van der Waals surface area (Å²) in [7, 11) is 1.82. The van der Waals surface area contributed by atoms with Crippen LogP contribution in [-0.2, 0) is 18.3 Å². The second-order valence-electron chi connectivity index (χ2n) is 9.18. The van der Waals surface area contributed by atoms with E-state index in [0.717, 1.165) is 68.1 Å². The SMILES string of the molecule is Cn1cc2cc(C(=O)NC(CCCCCCCC3CCc4cccnc4N3)C(=O)O)ccc2n1. The quantitative estimate of drug-likeness (QED) is 0.366. The lowest BCUT2D eigenvalue weighted by molar-refractivity contribution is -0.139. The highest BCUT2D eigenvalue weighted by molar-refractivity contribution is 5.99. The Kier molecular flexibility index (Phi) is 7.77. The fraction of sp³-hybridized carbons (Fsp3) is 0.462. The molecule has 0 aliphatic carbocycles. The van der Waals surface area contributed by atoms with E-state index in [4.69, 9.17) is 0 Å². The van der Waals surface area contributed by atoms with Crippen LogP contribution < -0.4 is 10.6 Å². The zero-order valence-corrected chi connectivity index (χ0v) is 19.7. The van der Waals surface area contributed by atoms with E-state index in [-0.39, 0.29) is 5.91 Å². The van der Waals surface area contributed by atoms with Crippen molar-refractivity contribution in [2.45, 2.75) is 69.9 Å². The lowest BCUT2D eigenvalue weighted by Crippen LogP contribution is -2.40. The van der Waals surface area contributed by atoms with Crippen molar-refractivity contribution in [3.05, 3.63) is 53.9 Å². The number of aromatic nitrogens is 3. The Balaban J connectivity index is 1.14. The topological polar surface area (TPSA) is 109 Å². The van der Waals surface area contributed by atoms with E-state index < -0.39 is 12.0 Å². The number of carboxylic acids is 1. The maximum absolute atomic E-state index is 12.6. The Morgan fingerprint density at radius 2 is 2.03 bits per heavy atom. The fourth-order valence-corrected chi connectivity index (χ4v) is 4.64. The summed E-state index contributed by atoms with van der Waals surface area (Å²) in [6.07, 6.45) is 12.5. The van der Waals surface area contributed by atoms with Gasteiger partial charge in [0.05, 0.1) is 5.52 Å². The molecule has 3 aromatic rings. The van der Waals surface area contributed by atoms with Gasteiger partial charge in [-0.25, -0.2) is 9.78 Å². The molecule has 0 saturated heterocycles. The van der Waals surface area contributed by atoms with Gasteiger partial charge in [0.15, 0.2) is 0 Å². The predicted molar refractivity (Wildman–Crippen MR) is 132 cm³/mol. The molecule has 2 atom stereocenters. The van der Waals surface area contributed by atoms with Gasteiger partial charge in [0.1, 0.15) is 11.9 Å². The minimum atomic E-state index is -0.993. The van der Waals surface area contributed by atoms with Crippen LogP contribution in [0, 0.1) is 0 Å². The number of unbranched alkanes of at least 4 members (excludes halogenated alkanes) is 4. The summed E-state index contributed by atoms with van der Waals surface area (Å²) in [6, 6.07) is 8.93. The van der Waals surface area contributed by atoms with Crippen molar-refractivity contribution < 1.29 is 14.7 Å². The Morgan fingerprint density at radius 1 is 1.21 bits per heavy atom. The lowest BCUT2D eigenvalue weighted by atomic mass is 9.96. The Labute approximate surface area is 199 Å². The van der Waals surface area contributed by atoms with Crippen molar-refractivity contribution >= 4 is 28.6 Å². The number of fused-ring (bicyclic) bond motifs is 2. The van der Waals surface area contributed by atoms with Crippen LogP contribution in [0.25, 0.3) is 10.9 Å². The molecular formula is C26H33N5O3. The summed E-state index contributed by atoms with van der Waals surface area (Å²) in [6.45, 7) is 0. The third kappa shape index (κ3) is 6.12. The van der Waals surface area contributed by atoms with E-state index in [1.807, 2.05) is 25.5 Å². The zero-order valence-electron chi connectivity index (χ0n) is 19.7. The van der Waals surface area contributed by atoms with Crippen LogP contribution in [0.5, 0.6) is 0 Å². The largest absolute Gasteiger partial charge is 0.480 e. The summed E-state index contributed by atoms with van der Waals surface area (Å²) >= 11 is 0. The van der Waals surface area contributed by atoms with Gasteiger partial charge in [-0.05, 0) is 55.5 Å². The molecule has 3 N–H and O–H groups in total. The van der Waals surface area contributed by atoms with Crippen LogP contribution in [0.2, 0.25) is 0 Å². The van der Waals surface area contributed by atoms with Crippen LogP contribution in [0.3, 0.4) is 0 Å².